The van der Waals surface area contributed by atoms with E-state index >= 15 is 0 Å². The monoisotopic (exact) mass is 515 g/mol. The molecule has 1 aliphatic rings. The van der Waals surface area contributed by atoms with Crippen molar-refractivity contribution in [3.63, 3.8) is 0 Å². The highest BCUT2D eigenvalue weighted by Gasteiger charge is 2.40. The predicted octanol–water partition coefficient (Wildman–Crippen LogP) is 4.09. The first-order valence-corrected chi connectivity index (χ1v) is 12.9. The van der Waals surface area contributed by atoms with Gasteiger partial charge in [0.15, 0.2) is 0 Å². The lowest BCUT2D eigenvalue weighted by atomic mass is 9.73. The number of hydrogen-bond acceptors (Lipinski definition) is 4. The van der Waals surface area contributed by atoms with Crippen molar-refractivity contribution in [2.45, 2.75) is 18.3 Å². The van der Waals surface area contributed by atoms with E-state index in [1.165, 1.54) is 11.4 Å². The summed E-state index contributed by atoms with van der Waals surface area (Å²) in [4.78, 5) is 13.0. The molecule has 3 aromatic carbocycles. The van der Waals surface area contributed by atoms with E-state index in [4.69, 9.17) is 4.74 Å². The second-order valence-corrected chi connectivity index (χ2v) is 10.3. The van der Waals surface area contributed by atoms with E-state index in [0.29, 0.717) is 36.8 Å². The summed E-state index contributed by atoms with van der Waals surface area (Å²) in [6.45, 7) is 0.594. The van der Waals surface area contributed by atoms with Gasteiger partial charge in [-0.25, -0.2) is 8.78 Å². The number of ether oxygens (including phenoxy) is 1. The maximum absolute atomic E-state index is 14.0. The molecule has 1 heterocycles. The zero-order valence-corrected chi connectivity index (χ0v) is 20.5. The van der Waals surface area contributed by atoms with Crippen LogP contribution in [0.4, 0.5) is 14.5 Å². The first-order valence-electron chi connectivity index (χ1n) is 11.4. The minimum Gasteiger partial charge on any atom is -0.496 e. The molecule has 3 aromatic rings. The third-order valence-corrected chi connectivity index (χ3v) is 8.04. The first-order chi connectivity index (χ1) is 17.2. The number of rotatable bonds is 8. The Bertz CT molecular complexity index is 1330. The van der Waals surface area contributed by atoms with Crippen molar-refractivity contribution in [3.05, 3.63) is 95.6 Å². The summed E-state index contributed by atoms with van der Waals surface area (Å²) in [6.07, 6.45) is 0.853. The van der Waals surface area contributed by atoms with Crippen molar-refractivity contribution in [2.24, 2.45) is 0 Å². The number of carbonyl (C=O) groups is 1. The van der Waals surface area contributed by atoms with Crippen LogP contribution in [-0.4, -0.2) is 45.4 Å². The fourth-order valence-electron chi connectivity index (χ4n) is 4.47. The standard InChI is InChI=1S/C26H27F2N3O4S/c1-35-24-10-6-5-9-21(24)25(32)29-18-26(19-7-3-2-4-8-19)13-15-31(16-14-26)36(33,34)30-23-12-11-20(27)17-22(23)28/h2-12,17,30H,13-16,18H2,1H3,(H,29,32). The molecule has 0 radical (unpaired) electrons. The fraction of sp³-hybridized carbons (Fsp3) is 0.269. The number of piperidine rings is 1. The van der Waals surface area contributed by atoms with Gasteiger partial charge in [-0.1, -0.05) is 42.5 Å². The maximum atomic E-state index is 14.0. The molecule has 1 aliphatic heterocycles. The second-order valence-electron chi connectivity index (χ2n) is 8.66. The number of carbonyl (C=O) groups excluding carboxylic acids is 1. The summed E-state index contributed by atoms with van der Waals surface area (Å²) in [5.41, 5.74) is 0.570. The number of halogens is 2. The number of anilines is 1. The molecule has 0 aromatic heterocycles. The van der Waals surface area contributed by atoms with Crippen molar-refractivity contribution in [2.75, 3.05) is 31.5 Å². The first kappa shape index (κ1) is 25.6. The van der Waals surface area contributed by atoms with E-state index in [-0.39, 0.29) is 24.7 Å². The molecule has 0 saturated carbocycles. The van der Waals surface area contributed by atoms with Crippen molar-refractivity contribution < 1.29 is 26.7 Å². The molecule has 1 fully saturated rings. The number of benzene rings is 3. The predicted molar refractivity (Wildman–Crippen MR) is 133 cm³/mol. The van der Waals surface area contributed by atoms with Crippen LogP contribution in [0.3, 0.4) is 0 Å². The second kappa shape index (κ2) is 10.6. The van der Waals surface area contributed by atoms with Crippen LogP contribution in [0.25, 0.3) is 0 Å². The van der Waals surface area contributed by atoms with Crippen LogP contribution in [0.15, 0.2) is 72.8 Å². The molecule has 7 nitrogen and oxygen atoms in total. The molecule has 0 spiro atoms. The summed E-state index contributed by atoms with van der Waals surface area (Å²) >= 11 is 0. The van der Waals surface area contributed by atoms with E-state index in [2.05, 4.69) is 10.0 Å². The van der Waals surface area contributed by atoms with Crippen molar-refractivity contribution >= 4 is 21.8 Å². The molecule has 0 aliphatic carbocycles. The number of methoxy groups -OCH3 is 1. The third-order valence-electron chi connectivity index (χ3n) is 6.51. The zero-order valence-electron chi connectivity index (χ0n) is 19.7. The average molecular weight is 516 g/mol. The Morgan fingerprint density at radius 3 is 2.33 bits per heavy atom. The third kappa shape index (κ3) is 5.50. The minimum atomic E-state index is -4.07. The lowest BCUT2D eigenvalue weighted by Gasteiger charge is -2.41. The molecule has 36 heavy (non-hydrogen) atoms. The minimum absolute atomic E-state index is 0.150. The van der Waals surface area contributed by atoms with Crippen LogP contribution in [-0.2, 0) is 15.6 Å². The number of para-hydroxylation sites is 1. The topological polar surface area (TPSA) is 87.7 Å². The Balaban J connectivity index is 1.51. The fourth-order valence-corrected chi connectivity index (χ4v) is 5.70. The van der Waals surface area contributed by atoms with Crippen LogP contribution in [0.5, 0.6) is 5.75 Å². The number of amides is 1. The number of nitrogens with one attached hydrogen (secondary N) is 2. The van der Waals surface area contributed by atoms with Gasteiger partial charge in [-0.3, -0.25) is 9.52 Å². The van der Waals surface area contributed by atoms with Crippen LogP contribution in [0.1, 0.15) is 28.8 Å². The molecule has 10 heteroatoms. The van der Waals surface area contributed by atoms with Gasteiger partial charge in [-0.2, -0.15) is 12.7 Å². The highest BCUT2D eigenvalue weighted by Crippen LogP contribution is 2.36. The Morgan fingerprint density at radius 2 is 1.67 bits per heavy atom. The van der Waals surface area contributed by atoms with Crippen molar-refractivity contribution in [1.29, 1.82) is 0 Å². The molecule has 190 valence electrons. The van der Waals surface area contributed by atoms with Gasteiger partial charge in [0.1, 0.15) is 17.4 Å². The molecule has 4 rings (SSSR count). The zero-order chi connectivity index (χ0) is 25.8. The molecular weight excluding hydrogens is 488 g/mol. The Morgan fingerprint density at radius 1 is 1.00 bits per heavy atom. The molecule has 0 bridgehead atoms. The van der Waals surface area contributed by atoms with Crippen molar-refractivity contribution in [1.82, 2.24) is 9.62 Å². The van der Waals surface area contributed by atoms with Gasteiger partial charge in [0.25, 0.3) is 5.91 Å². The van der Waals surface area contributed by atoms with Crippen LogP contribution >= 0.6 is 0 Å². The smallest absolute Gasteiger partial charge is 0.301 e. The molecular formula is C26H27F2N3O4S. The van der Waals surface area contributed by atoms with Gasteiger partial charge in [-0.05, 0) is 42.7 Å². The van der Waals surface area contributed by atoms with Gasteiger partial charge in [-0.15, -0.1) is 0 Å². The molecule has 1 amide bonds. The Kier molecular flexibility index (Phi) is 7.56. The molecule has 0 atom stereocenters. The van der Waals surface area contributed by atoms with E-state index in [9.17, 15) is 22.0 Å². The number of nitrogens with zero attached hydrogens (tertiary/aromatic N) is 1. The van der Waals surface area contributed by atoms with E-state index in [1.807, 2.05) is 30.3 Å². The van der Waals surface area contributed by atoms with E-state index in [1.54, 1.807) is 24.3 Å². The van der Waals surface area contributed by atoms with Crippen LogP contribution < -0.4 is 14.8 Å². The van der Waals surface area contributed by atoms with Crippen LogP contribution in [0.2, 0.25) is 0 Å². The maximum Gasteiger partial charge on any atom is 0.301 e. The summed E-state index contributed by atoms with van der Waals surface area (Å²) in [7, 11) is -2.57. The summed E-state index contributed by atoms with van der Waals surface area (Å²) in [5.74, 6) is -1.61. The number of hydrogen-bond donors (Lipinski definition) is 2. The summed E-state index contributed by atoms with van der Waals surface area (Å²) < 4.78 is 61.8. The van der Waals surface area contributed by atoms with E-state index in [0.717, 1.165) is 17.7 Å². The molecule has 1 saturated heterocycles. The quantitative estimate of drug-likeness (QED) is 0.473. The van der Waals surface area contributed by atoms with Gasteiger partial charge < -0.3 is 10.1 Å². The van der Waals surface area contributed by atoms with Gasteiger partial charge in [0.2, 0.25) is 0 Å². The van der Waals surface area contributed by atoms with Gasteiger partial charge in [0, 0.05) is 31.1 Å². The van der Waals surface area contributed by atoms with Gasteiger partial charge >= 0.3 is 10.2 Å². The highest BCUT2D eigenvalue weighted by atomic mass is 32.2. The Labute approximate surface area is 209 Å². The normalized spacial score (nSPS) is 15.8. The Hall–Kier alpha value is -3.50. The lowest BCUT2D eigenvalue weighted by molar-refractivity contribution is 0.0930. The largest absolute Gasteiger partial charge is 0.496 e. The van der Waals surface area contributed by atoms with E-state index < -0.39 is 27.3 Å². The SMILES string of the molecule is COc1ccccc1C(=O)NCC1(c2ccccc2)CCN(S(=O)(=O)Nc2ccc(F)cc2F)CC1. The van der Waals surface area contributed by atoms with Gasteiger partial charge in [0.05, 0.1) is 18.4 Å². The average Bonchev–Trinajstić information content (AvgIpc) is 2.89. The summed E-state index contributed by atoms with van der Waals surface area (Å²) in [5, 5.41) is 3.00. The molecule has 2 N–H and O–H groups in total. The lowest BCUT2D eigenvalue weighted by Crippen LogP contribution is -2.51. The van der Waals surface area contributed by atoms with Crippen molar-refractivity contribution in [3.8, 4) is 5.75 Å². The highest BCUT2D eigenvalue weighted by molar-refractivity contribution is 7.90. The van der Waals surface area contributed by atoms with Crippen LogP contribution in [0, 0.1) is 11.6 Å². The molecule has 0 unspecified atom stereocenters. The summed E-state index contributed by atoms with van der Waals surface area (Å²) in [6, 6.07) is 19.2.